The third-order valence-corrected chi connectivity index (χ3v) is 6.94. The maximum atomic E-state index is 12.6. The molecule has 2 aromatic carbocycles. The van der Waals surface area contributed by atoms with Crippen LogP contribution >= 0.6 is 11.3 Å². The van der Waals surface area contributed by atoms with Gasteiger partial charge in [-0.05, 0) is 75.2 Å². The minimum absolute atomic E-state index is 0.116. The Labute approximate surface area is 209 Å². The summed E-state index contributed by atoms with van der Waals surface area (Å²) in [5.41, 5.74) is 2.25. The first-order valence-electron chi connectivity index (χ1n) is 11.9. The highest BCUT2D eigenvalue weighted by molar-refractivity contribution is 7.13. The molecule has 1 saturated heterocycles. The number of amides is 2. The number of rotatable bonds is 9. The summed E-state index contributed by atoms with van der Waals surface area (Å²) in [6.45, 7) is 7.07. The molecule has 2 amide bonds. The molecule has 1 atom stereocenters. The quantitative estimate of drug-likeness (QED) is 0.462. The minimum Gasteiger partial charge on any atom is -0.486 e. The van der Waals surface area contributed by atoms with E-state index in [-0.39, 0.29) is 23.4 Å². The van der Waals surface area contributed by atoms with E-state index in [0.717, 1.165) is 24.4 Å². The van der Waals surface area contributed by atoms with Gasteiger partial charge in [0, 0.05) is 30.4 Å². The standard InChI is InChI=1S/C26H31N5O3S/c1-18-6-5-8-22(16-18)34-17-23-29-30-26(35-23)25(33)28-21-11-9-20(10-12-21)24(32)27-13-15-31-14-4-3-7-19(31)2/h5-6,8-12,16,19H,3-4,7,13-15,17H2,1-2H3,(H,27,32)(H,28,33)/t19-/m1/s1. The minimum atomic E-state index is -0.350. The Hall–Kier alpha value is -3.30. The lowest BCUT2D eigenvalue weighted by Gasteiger charge is -2.33. The summed E-state index contributed by atoms with van der Waals surface area (Å²) in [4.78, 5) is 27.4. The van der Waals surface area contributed by atoms with Crippen LogP contribution in [0.1, 0.15) is 56.9 Å². The molecule has 1 aliphatic heterocycles. The number of aryl methyl sites for hydroxylation is 1. The fraction of sp³-hybridized carbons (Fsp3) is 0.385. The third-order valence-electron chi connectivity index (χ3n) is 6.04. The molecular formula is C26H31N5O3S. The first-order valence-corrected chi connectivity index (χ1v) is 12.7. The van der Waals surface area contributed by atoms with Crippen LogP contribution in [0.2, 0.25) is 0 Å². The molecule has 35 heavy (non-hydrogen) atoms. The molecule has 9 heteroatoms. The number of hydrogen-bond donors (Lipinski definition) is 2. The number of aromatic nitrogens is 2. The van der Waals surface area contributed by atoms with Gasteiger partial charge in [-0.25, -0.2) is 0 Å². The lowest BCUT2D eigenvalue weighted by molar-refractivity contribution is 0.0938. The maximum absolute atomic E-state index is 12.6. The summed E-state index contributed by atoms with van der Waals surface area (Å²) >= 11 is 1.19. The van der Waals surface area contributed by atoms with Crippen molar-refractivity contribution in [2.45, 2.75) is 45.8 Å². The number of anilines is 1. The van der Waals surface area contributed by atoms with Gasteiger partial charge in [-0.3, -0.25) is 14.5 Å². The first-order chi connectivity index (χ1) is 17.0. The number of likely N-dealkylation sites (tertiary alicyclic amines) is 1. The van der Waals surface area contributed by atoms with E-state index in [2.05, 4.69) is 32.7 Å². The fourth-order valence-electron chi connectivity index (χ4n) is 4.05. The molecule has 0 unspecified atom stereocenters. The molecule has 184 valence electrons. The van der Waals surface area contributed by atoms with Crippen molar-refractivity contribution in [2.24, 2.45) is 0 Å². The van der Waals surface area contributed by atoms with E-state index in [1.807, 2.05) is 31.2 Å². The van der Waals surface area contributed by atoms with E-state index in [9.17, 15) is 9.59 Å². The SMILES string of the molecule is Cc1cccc(OCc2nnc(C(=O)Nc3ccc(C(=O)NCCN4CCCC[C@H]4C)cc3)s2)c1. The van der Waals surface area contributed by atoms with Crippen molar-refractivity contribution in [3.63, 3.8) is 0 Å². The van der Waals surface area contributed by atoms with Crippen LogP contribution in [0.4, 0.5) is 5.69 Å². The number of piperidine rings is 1. The van der Waals surface area contributed by atoms with Gasteiger partial charge in [-0.1, -0.05) is 29.9 Å². The molecule has 1 aromatic heterocycles. The average molecular weight is 494 g/mol. The molecule has 2 heterocycles. The van der Waals surface area contributed by atoms with E-state index in [0.29, 0.717) is 28.8 Å². The zero-order chi connectivity index (χ0) is 24.6. The van der Waals surface area contributed by atoms with Gasteiger partial charge in [0.25, 0.3) is 11.8 Å². The number of hydrogen-bond acceptors (Lipinski definition) is 7. The molecule has 0 radical (unpaired) electrons. The second kappa shape index (κ2) is 11.9. The van der Waals surface area contributed by atoms with Gasteiger partial charge in [0.05, 0.1) is 0 Å². The van der Waals surface area contributed by atoms with Crippen molar-refractivity contribution in [2.75, 3.05) is 25.0 Å². The Morgan fingerprint density at radius 2 is 1.94 bits per heavy atom. The van der Waals surface area contributed by atoms with Gasteiger partial charge in [0.15, 0.2) is 5.01 Å². The lowest BCUT2D eigenvalue weighted by atomic mass is 10.0. The largest absolute Gasteiger partial charge is 0.486 e. The van der Waals surface area contributed by atoms with Crippen molar-refractivity contribution < 1.29 is 14.3 Å². The Kier molecular flexibility index (Phi) is 8.44. The summed E-state index contributed by atoms with van der Waals surface area (Å²) in [5.74, 6) is 0.281. The van der Waals surface area contributed by atoms with Gasteiger partial charge >= 0.3 is 0 Å². The van der Waals surface area contributed by atoms with Crippen LogP contribution in [-0.4, -0.2) is 52.6 Å². The highest BCUT2D eigenvalue weighted by Gasteiger charge is 2.18. The van der Waals surface area contributed by atoms with E-state index in [1.54, 1.807) is 24.3 Å². The second-order valence-corrected chi connectivity index (χ2v) is 9.84. The van der Waals surface area contributed by atoms with Crippen LogP contribution in [0.3, 0.4) is 0 Å². The van der Waals surface area contributed by atoms with Crippen LogP contribution in [0.25, 0.3) is 0 Å². The van der Waals surface area contributed by atoms with Gasteiger partial charge in [-0.2, -0.15) is 0 Å². The maximum Gasteiger partial charge on any atom is 0.286 e. The summed E-state index contributed by atoms with van der Waals surface area (Å²) < 4.78 is 5.72. The summed E-state index contributed by atoms with van der Waals surface area (Å²) in [6.07, 6.45) is 3.74. The number of carbonyl (C=O) groups excluding carboxylic acids is 2. The fourth-order valence-corrected chi connectivity index (χ4v) is 4.70. The van der Waals surface area contributed by atoms with Crippen LogP contribution in [0.5, 0.6) is 5.75 Å². The molecule has 0 saturated carbocycles. The van der Waals surface area contributed by atoms with Crippen LogP contribution < -0.4 is 15.4 Å². The number of carbonyl (C=O) groups is 2. The lowest BCUT2D eigenvalue weighted by Crippen LogP contribution is -2.42. The number of nitrogens with one attached hydrogen (secondary N) is 2. The van der Waals surface area contributed by atoms with Crippen molar-refractivity contribution in [3.8, 4) is 5.75 Å². The normalized spacial score (nSPS) is 16.0. The number of ether oxygens (including phenoxy) is 1. The molecule has 3 aromatic rings. The Morgan fingerprint density at radius 1 is 1.11 bits per heavy atom. The van der Waals surface area contributed by atoms with E-state index in [1.165, 1.54) is 30.6 Å². The smallest absolute Gasteiger partial charge is 0.286 e. The average Bonchev–Trinajstić information content (AvgIpc) is 3.34. The van der Waals surface area contributed by atoms with Crippen molar-refractivity contribution in [1.82, 2.24) is 20.4 Å². The zero-order valence-electron chi connectivity index (χ0n) is 20.1. The molecule has 2 N–H and O–H groups in total. The second-order valence-electron chi connectivity index (χ2n) is 8.77. The van der Waals surface area contributed by atoms with Gasteiger partial charge in [-0.15, -0.1) is 10.2 Å². The molecule has 4 rings (SSSR count). The topological polar surface area (TPSA) is 96.5 Å². The molecular weight excluding hydrogens is 462 g/mol. The third kappa shape index (κ3) is 7.10. The van der Waals surface area contributed by atoms with Crippen LogP contribution in [-0.2, 0) is 6.61 Å². The van der Waals surface area contributed by atoms with E-state index >= 15 is 0 Å². The first kappa shape index (κ1) is 24.8. The predicted molar refractivity (Wildman–Crippen MR) is 137 cm³/mol. The molecule has 0 spiro atoms. The highest BCUT2D eigenvalue weighted by atomic mass is 32.1. The Morgan fingerprint density at radius 3 is 2.71 bits per heavy atom. The molecule has 0 aliphatic carbocycles. The van der Waals surface area contributed by atoms with Gasteiger partial charge < -0.3 is 15.4 Å². The Balaban J connectivity index is 1.23. The molecule has 1 fully saturated rings. The molecule has 0 bridgehead atoms. The monoisotopic (exact) mass is 493 g/mol. The van der Waals surface area contributed by atoms with Crippen molar-refractivity contribution >= 4 is 28.8 Å². The van der Waals surface area contributed by atoms with Crippen LogP contribution in [0.15, 0.2) is 48.5 Å². The van der Waals surface area contributed by atoms with Gasteiger partial charge in [0.1, 0.15) is 12.4 Å². The van der Waals surface area contributed by atoms with Crippen molar-refractivity contribution in [1.29, 1.82) is 0 Å². The summed E-state index contributed by atoms with van der Waals surface area (Å²) in [6, 6.07) is 15.1. The van der Waals surface area contributed by atoms with E-state index < -0.39 is 0 Å². The number of benzene rings is 2. The molecule has 1 aliphatic rings. The van der Waals surface area contributed by atoms with E-state index in [4.69, 9.17) is 4.74 Å². The summed E-state index contributed by atoms with van der Waals surface area (Å²) in [7, 11) is 0. The van der Waals surface area contributed by atoms with Gasteiger partial charge in [0.2, 0.25) is 5.01 Å². The zero-order valence-corrected chi connectivity index (χ0v) is 20.9. The predicted octanol–water partition coefficient (Wildman–Crippen LogP) is 4.28. The van der Waals surface area contributed by atoms with Crippen molar-refractivity contribution in [3.05, 3.63) is 69.7 Å². The number of nitrogens with zero attached hydrogens (tertiary/aromatic N) is 3. The molecule has 8 nitrogen and oxygen atoms in total. The highest BCUT2D eigenvalue weighted by Crippen LogP contribution is 2.18. The summed E-state index contributed by atoms with van der Waals surface area (Å²) in [5, 5.41) is 14.7. The van der Waals surface area contributed by atoms with Crippen LogP contribution in [0, 0.1) is 6.92 Å². The Bertz CT molecular complexity index is 1150.